The molecule has 2 fully saturated rings. The molecule has 3 atom stereocenters. The van der Waals surface area contributed by atoms with E-state index in [2.05, 4.69) is 79.3 Å². The highest BCUT2D eigenvalue weighted by molar-refractivity contribution is 5.92. The van der Waals surface area contributed by atoms with Crippen molar-refractivity contribution in [2.75, 3.05) is 13.1 Å². The predicted octanol–water partition coefficient (Wildman–Crippen LogP) is 9.59. The number of amides is 2. The number of nitrogens with one attached hydrogen (secondary N) is 2. The monoisotopic (exact) mass is 694 g/mol. The number of hydrogen-bond donors (Lipinski definition) is 2. The van der Waals surface area contributed by atoms with Crippen LogP contribution in [0.15, 0.2) is 91.1 Å². The molecule has 52 heavy (non-hydrogen) atoms. The molecule has 4 heterocycles. The molecule has 0 spiro atoms. The van der Waals surface area contributed by atoms with Crippen molar-refractivity contribution >= 4 is 33.8 Å². The first-order valence-corrected chi connectivity index (χ1v) is 18.7. The average Bonchev–Trinajstić information content (AvgIpc) is 4.00. The molecule has 2 aliphatic heterocycles. The van der Waals surface area contributed by atoms with Crippen LogP contribution in [0.1, 0.15) is 82.2 Å². The summed E-state index contributed by atoms with van der Waals surface area (Å²) < 4.78 is 5.66. The van der Waals surface area contributed by atoms with Gasteiger partial charge in [0.25, 0.3) is 0 Å². The van der Waals surface area contributed by atoms with Crippen molar-refractivity contribution in [1.29, 1.82) is 0 Å². The van der Waals surface area contributed by atoms with Crippen molar-refractivity contribution < 1.29 is 14.3 Å². The van der Waals surface area contributed by atoms with E-state index in [9.17, 15) is 9.59 Å². The maximum absolute atomic E-state index is 13.4. The highest BCUT2D eigenvalue weighted by Crippen LogP contribution is 2.36. The lowest BCUT2D eigenvalue weighted by Crippen LogP contribution is -2.37. The molecule has 8 rings (SSSR count). The van der Waals surface area contributed by atoms with Gasteiger partial charge in [-0.3, -0.25) is 9.69 Å². The normalized spacial score (nSPS) is 18.2. The van der Waals surface area contributed by atoms with E-state index in [1.807, 2.05) is 47.5 Å². The molecule has 0 bridgehead atoms. The number of fused-ring (bicyclic) bond motifs is 2. The Labute approximate surface area is 304 Å². The fourth-order valence-corrected chi connectivity index (χ4v) is 8.14. The lowest BCUT2D eigenvalue weighted by atomic mass is 9.91. The number of rotatable bonds is 9. The number of ether oxygens (including phenoxy) is 1. The van der Waals surface area contributed by atoms with Crippen LogP contribution in [0.5, 0.6) is 0 Å². The predicted molar refractivity (Wildman–Crippen MR) is 204 cm³/mol. The van der Waals surface area contributed by atoms with Gasteiger partial charge in [0.05, 0.1) is 35.0 Å². The Hall–Kier alpha value is -5.44. The summed E-state index contributed by atoms with van der Waals surface area (Å²) in [7, 11) is 0. The molecule has 0 saturated carbocycles. The van der Waals surface area contributed by atoms with Crippen molar-refractivity contribution in [2.24, 2.45) is 11.8 Å². The maximum Gasteiger partial charge on any atom is 0.410 e. The van der Waals surface area contributed by atoms with Gasteiger partial charge in [-0.15, -0.1) is 0 Å². The van der Waals surface area contributed by atoms with Gasteiger partial charge in [-0.25, -0.2) is 14.8 Å². The van der Waals surface area contributed by atoms with Crippen molar-refractivity contribution in [3.05, 3.63) is 108 Å². The summed E-state index contributed by atoms with van der Waals surface area (Å²) in [6.07, 6.45) is 6.13. The Bertz CT molecular complexity index is 2220. The highest BCUT2D eigenvalue weighted by atomic mass is 16.6. The number of H-pyrrole nitrogens is 2. The molecular formula is C43H46N6O3. The summed E-state index contributed by atoms with van der Waals surface area (Å²) in [5.74, 6) is 2.29. The molecule has 2 aromatic heterocycles. The van der Waals surface area contributed by atoms with Gasteiger partial charge in [-0.05, 0) is 89.8 Å². The second-order valence-electron chi connectivity index (χ2n) is 14.7. The number of aromatic nitrogens is 4. The smallest absolute Gasteiger partial charge is 0.410 e. The van der Waals surface area contributed by atoms with Crippen molar-refractivity contribution in [1.82, 2.24) is 29.7 Å². The Balaban J connectivity index is 0.975. The number of hydrogen-bond acceptors (Lipinski definition) is 5. The highest BCUT2D eigenvalue weighted by Gasteiger charge is 2.36. The largest absolute Gasteiger partial charge is 0.445 e. The van der Waals surface area contributed by atoms with Gasteiger partial charge in [0.2, 0.25) is 5.91 Å². The minimum atomic E-state index is -0.307. The molecule has 6 aromatic rings. The molecular weight excluding hydrogens is 649 g/mol. The standard InChI is InChI=1S/C43H46N6O3/c1-4-34(27(2)3)42(50)48-20-8-12-38(48)40-44-25-37(47-40)33-17-16-29-22-30(14-15-31(29)23-33)32-18-19-35-36(24-32)46-41(45-35)39-13-9-21-49(39)43(51)52-26-28-10-6-5-7-11-28/h5-7,10-11,14-19,22-25,27,34,38-39H,4,8-9,12-13,20-21,26H2,1-3H3,(H,44,47)(H,45,46)/t34-,38-,39-/m0/s1. The van der Waals surface area contributed by atoms with E-state index in [0.717, 1.165) is 100 Å². The number of carbonyl (C=O) groups excluding carboxylic acids is 2. The van der Waals surface area contributed by atoms with Crippen LogP contribution in [-0.4, -0.2) is 54.8 Å². The van der Waals surface area contributed by atoms with Crippen LogP contribution < -0.4 is 0 Å². The van der Waals surface area contributed by atoms with Gasteiger partial charge in [-0.2, -0.15) is 0 Å². The van der Waals surface area contributed by atoms with E-state index in [1.165, 1.54) is 0 Å². The molecule has 9 nitrogen and oxygen atoms in total. The van der Waals surface area contributed by atoms with Crippen molar-refractivity contribution in [3.8, 4) is 22.4 Å². The number of benzene rings is 4. The van der Waals surface area contributed by atoms with E-state index < -0.39 is 0 Å². The summed E-state index contributed by atoms with van der Waals surface area (Å²) in [5.41, 5.74) is 7.03. The molecule has 4 aromatic carbocycles. The number of aromatic amines is 2. The average molecular weight is 695 g/mol. The molecule has 2 amide bonds. The summed E-state index contributed by atoms with van der Waals surface area (Å²) in [6, 6.07) is 28.9. The molecule has 2 N–H and O–H groups in total. The van der Waals surface area contributed by atoms with Gasteiger partial charge in [0.1, 0.15) is 18.3 Å². The SMILES string of the molecule is CC[C@H](C(=O)N1CCC[C@H]1c1ncc(-c2ccc3cc(-c4ccc5nc([C@@H]6CCCN6C(=O)OCc6ccccc6)[nH]c5c4)ccc3c2)[nH]1)C(C)C. The summed E-state index contributed by atoms with van der Waals surface area (Å²) in [5, 5.41) is 2.29. The van der Waals surface area contributed by atoms with Crippen molar-refractivity contribution in [2.45, 2.75) is 71.6 Å². The zero-order valence-corrected chi connectivity index (χ0v) is 30.1. The van der Waals surface area contributed by atoms with Crippen LogP contribution in [0.3, 0.4) is 0 Å². The number of carbonyl (C=O) groups is 2. The van der Waals surface area contributed by atoms with Crippen LogP contribution >= 0.6 is 0 Å². The number of likely N-dealkylation sites (tertiary alicyclic amines) is 2. The van der Waals surface area contributed by atoms with Crippen LogP contribution in [-0.2, 0) is 16.1 Å². The van der Waals surface area contributed by atoms with E-state index in [0.29, 0.717) is 12.5 Å². The molecule has 2 aliphatic rings. The summed E-state index contributed by atoms with van der Waals surface area (Å²) in [6.45, 7) is 8.08. The topological polar surface area (TPSA) is 107 Å². The quantitative estimate of drug-likeness (QED) is 0.157. The second kappa shape index (κ2) is 14.3. The van der Waals surface area contributed by atoms with Gasteiger partial charge in [0, 0.05) is 24.6 Å². The first-order chi connectivity index (χ1) is 25.4. The van der Waals surface area contributed by atoms with E-state index in [1.54, 1.807) is 4.90 Å². The molecule has 0 unspecified atom stereocenters. The summed E-state index contributed by atoms with van der Waals surface area (Å²) >= 11 is 0. The van der Waals surface area contributed by atoms with Crippen LogP contribution in [0.4, 0.5) is 4.79 Å². The number of imidazole rings is 2. The third kappa shape index (κ3) is 6.56. The van der Waals surface area contributed by atoms with Gasteiger partial charge < -0.3 is 19.6 Å². The Morgan fingerprint density at radius 2 is 1.48 bits per heavy atom. The second-order valence-corrected chi connectivity index (χ2v) is 14.7. The van der Waals surface area contributed by atoms with E-state index in [4.69, 9.17) is 14.7 Å². The summed E-state index contributed by atoms with van der Waals surface area (Å²) in [4.78, 5) is 47.1. The maximum atomic E-state index is 13.4. The first kappa shape index (κ1) is 33.7. The van der Waals surface area contributed by atoms with Gasteiger partial charge >= 0.3 is 6.09 Å². The Morgan fingerprint density at radius 1 is 0.808 bits per heavy atom. The minimum absolute atomic E-state index is 0.00103. The fraction of sp³-hybridized carbons (Fsp3) is 0.349. The molecule has 266 valence electrons. The van der Waals surface area contributed by atoms with Gasteiger partial charge in [0.15, 0.2) is 0 Å². The van der Waals surface area contributed by atoms with Crippen molar-refractivity contribution in [3.63, 3.8) is 0 Å². The third-order valence-corrected chi connectivity index (χ3v) is 11.0. The van der Waals surface area contributed by atoms with E-state index >= 15 is 0 Å². The van der Waals surface area contributed by atoms with Gasteiger partial charge in [-0.1, -0.05) is 81.4 Å². The molecule has 0 radical (unpaired) electrons. The number of nitrogens with zero attached hydrogens (tertiary/aromatic N) is 4. The fourth-order valence-electron chi connectivity index (χ4n) is 8.14. The Kier molecular flexibility index (Phi) is 9.26. The zero-order valence-electron chi connectivity index (χ0n) is 30.1. The molecule has 9 heteroatoms. The molecule has 2 saturated heterocycles. The van der Waals surface area contributed by atoms with Crippen LogP contribution in [0.2, 0.25) is 0 Å². The van der Waals surface area contributed by atoms with Crippen LogP contribution in [0.25, 0.3) is 44.2 Å². The third-order valence-electron chi connectivity index (χ3n) is 11.0. The minimum Gasteiger partial charge on any atom is -0.445 e. The lowest BCUT2D eigenvalue weighted by molar-refractivity contribution is -0.138. The molecule has 0 aliphatic carbocycles. The zero-order chi connectivity index (χ0) is 35.8. The first-order valence-electron chi connectivity index (χ1n) is 18.7. The lowest BCUT2D eigenvalue weighted by Gasteiger charge is -2.29. The van der Waals surface area contributed by atoms with E-state index in [-0.39, 0.29) is 36.6 Å². The Morgan fingerprint density at radius 3 is 2.23 bits per heavy atom. The van der Waals surface area contributed by atoms with Crippen LogP contribution in [0, 0.1) is 11.8 Å².